The largest absolute Gasteiger partial charge is 0.389 e. The summed E-state index contributed by atoms with van der Waals surface area (Å²) in [5.74, 6) is 0.147. The van der Waals surface area contributed by atoms with E-state index in [0.717, 1.165) is 5.01 Å². The molecule has 1 N–H and O–H groups in total. The van der Waals surface area contributed by atoms with Crippen molar-refractivity contribution in [1.82, 2.24) is 9.88 Å². The van der Waals surface area contributed by atoms with Crippen molar-refractivity contribution in [2.75, 3.05) is 27.3 Å². The van der Waals surface area contributed by atoms with Crippen LogP contribution in [0.2, 0.25) is 0 Å². The van der Waals surface area contributed by atoms with Gasteiger partial charge < -0.3 is 14.7 Å². The van der Waals surface area contributed by atoms with Crippen LogP contribution in [0.15, 0.2) is 5.38 Å². The quantitative estimate of drug-likeness (QED) is 0.849. The number of methoxy groups -OCH3 is 1. The highest BCUT2D eigenvalue weighted by atomic mass is 32.1. The first-order valence-corrected chi connectivity index (χ1v) is 6.71. The molecule has 0 aromatic carbocycles. The average molecular weight is 272 g/mol. The number of rotatable bonds is 6. The summed E-state index contributed by atoms with van der Waals surface area (Å²) in [7, 11) is 3.16. The summed E-state index contributed by atoms with van der Waals surface area (Å²) in [5, 5.41) is 12.3. The van der Waals surface area contributed by atoms with Crippen LogP contribution in [0, 0.1) is 0 Å². The molecular formula is C12H20N2O3S. The van der Waals surface area contributed by atoms with E-state index in [9.17, 15) is 9.90 Å². The van der Waals surface area contributed by atoms with E-state index in [2.05, 4.69) is 4.98 Å². The van der Waals surface area contributed by atoms with Crippen LogP contribution in [0.3, 0.4) is 0 Å². The fourth-order valence-corrected chi connectivity index (χ4v) is 2.30. The van der Waals surface area contributed by atoms with Gasteiger partial charge in [-0.15, -0.1) is 11.3 Å². The van der Waals surface area contributed by atoms with E-state index in [0.29, 0.717) is 11.6 Å². The van der Waals surface area contributed by atoms with Crippen molar-refractivity contribution in [3.8, 4) is 0 Å². The molecule has 18 heavy (non-hydrogen) atoms. The van der Waals surface area contributed by atoms with Crippen LogP contribution in [0.5, 0.6) is 0 Å². The van der Waals surface area contributed by atoms with Gasteiger partial charge in [-0.1, -0.05) is 13.8 Å². The molecule has 0 radical (unpaired) electrons. The van der Waals surface area contributed by atoms with Gasteiger partial charge in [0.25, 0.3) is 5.91 Å². The van der Waals surface area contributed by atoms with Crippen LogP contribution >= 0.6 is 11.3 Å². The Balaban J connectivity index is 2.62. The summed E-state index contributed by atoms with van der Waals surface area (Å²) in [6.07, 6.45) is -0.674. The minimum atomic E-state index is -0.674. The number of thiazole rings is 1. The summed E-state index contributed by atoms with van der Waals surface area (Å²) in [5.41, 5.74) is 0.441. The highest BCUT2D eigenvalue weighted by Gasteiger charge is 2.18. The van der Waals surface area contributed by atoms with Gasteiger partial charge in [-0.3, -0.25) is 4.79 Å². The molecule has 0 saturated carbocycles. The number of aliphatic hydroxyl groups excluding tert-OH is 1. The molecule has 1 aromatic heterocycles. The second-order valence-corrected chi connectivity index (χ2v) is 5.41. The number of ether oxygens (including phenoxy) is 1. The van der Waals surface area contributed by atoms with Crippen LogP contribution in [-0.4, -0.2) is 54.3 Å². The Hall–Kier alpha value is -0.980. The number of carbonyl (C=O) groups is 1. The van der Waals surface area contributed by atoms with Gasteiger partial charge in [0.1, 0.15) is 5.69 Å². The molecule has 0 saturated heterocycles. The van der Waals surface area contributed by atoms with Crippen molar-refractivity contribution in [2.24, 2.45) is 0 Å². The van der Waals surface area contributed by atoms with E-state index < -0.39 is 6.10 Å². The Kier molecular flexibility index (Phi) is 5.71. The lowest BCUT2D eigenvalue weighted by Crippen LogP contribution is -2.36. The Morgan fingerprint density at radius 2 is 2.28 bits per heavy atom. The molecule has 0 spiro atoms. The molecular weight excluding hydrogens is 252 g/mol. The minimum absolute atomic E-state index is 0.173. The van der Waals surface area contributed by atoms with Gasteiger partial charge in [0.2, 0.25) is 0 Å². The molecule has 1 amide bonds. The molecule has 1 atom stereocenters. The van der Waals surface area contributed by atoms with E-state index in [-0.39, 0.29) is 19.1 Å². The molecule has 0 aliphatic heterocycles. The van der Waals surface area contributed by atoms with Gasteiger partial charge >= 0.3 is 0 Å². The van der Waals surface area contributed by atoms with Gasteiger partial charge in [0.15, 0.2) is 0 Å². The lowest BCUT2D eigenvalue weighted by molar-refractivity contribution is 0.0378. The van der Waals surface area contributed by atoms with E-state index in [1.54, 1.807) is 12.4 Å². The monoisotopic (exact) mass is 272 g/mol. The number of hydrogen-bond donors (Lipinski definition) is 1. The predicted octanol–water partition coefficient (Wildman–Crippen LogP) is 1.35. The predicted molar refractivity (Wildman–Crippen MR) is 71.0 cm³/mol. The third-order valence-corrected chi connectivity index (χ3v) is 3.57. The maximum absolute atomic E-state index is 12.0. The molecule has 6 heteroatoms. The number of nitrogens with zero attached hydrogens (tertiary/aromatic N) is 2. The third kappa shape index (κ3) is 4.04. The number of hydrogen-bond acceptors (Lipinski definition) is 5. The molecule has 1 rings (SSSR count). The molecule has 1 heterocycles. The zero-order valence-corrected chi connectivity index (χ0v) is 12.0. The summed E-state index contributed by atoms with van der Waals surface area (Å²) in [4.78, 5) is 17.8. The number of likely N-dealkylation sites (N-methyl/N-ethyl adjacent to an activating group) is 1. The van der Waals surface area contributed by atoms with Crippen LogP contribution in [0.1, 0.15) is 35.3 Å². The SMILES string of the molecule is COCC(O)CN(C)C(=O)c1csc(C(C)C)n1. The average Bonchev–Trinajstić information content (AvgIpc) is 2.77. The normalized spacial score (nSPS) is 12.8. The minimum Gasteiger partial charge on any atom is -0.389 e. The first-order chi connectivity index (χ1) is 8.45. The standard InChI is InChI=1S/C12H20N2O3S/c1-8(2)11-13-10(7-18-11)12(16)14(3)5-9(15)6-17-4/h7-9,15H,5-6H2,1-4H3. The number of amides is 1. The Morgan fingerprint density at radius 3 is 2.78 bits per heavy atom. The fourth-order valence-electron chi connectivity index (χ4n) is 1.49. The Labute approximate surface area is 111 Å². The molecule has 102 valence electrons. The molecule has 0 bridgehead atoms. The fraction of sp³-hybridized carbons (Fsp3) is 0.667. The molecule has 1 aromatic rings. The second-order valence-electron chi connectivity index (χ2n) is 4.52. The third-order valence-electron chi connectivity index (χ3n) is 2.43. The molecule has 1 unspecified atom stereocenters. The van der Waals surface area contributed by atoms with Crippen molar-refractivity contribution in [1.29, 1.82) is 0 Å². The van der Waals surface area contributed by atoms with Crippen LogP contribution in [-0.2, 0) is 4.74 Å². The number of carbonyl (C=O) groups excluding carboxylic acids is 1. The smallest absolute Gasteiger partial charge is 0.273 e. The highest BCUT2D eigenvalue weighted by molar-refractivity contribution is 7.09. The van der Waals surface area contributed by atoms with Gasteiger partial charge in [-0.25, -0.2) is 4.98 Å². The Morgan fingerprint density at radius 1 is 1.61 bits per heavy atom. The Bertz CT molecular complexity index is 392. The van der Waals surface area contributed by atoms with Gasteiger partial charge in [0.05, 0.1) is 17.7 Å². The van der Waals surface area contributed by atoms with E-state index >= 15 is 0 Å². The highest BCUT2D eigenvalue weighted by Crippen LogP contribution is 2.19. The van der Waals surface area contributed by atoms with Gasteiger partial charge in [0, 0.05) is 32.0 Å². The summed E-state index contributed by atoms with van der Waals surface area (Å²) >= 11 is 1.49. The van der Waals surface area contributed by atoms with Gasteiger partial charge in [-0.05, 0) is 0 Å². The van der Waals surface area contributed by atoms with Gasteiger partial charge in [-0.2, -0.15) is 0 Å². The van der Waals surface area contributed by atoms with Crippen molar-refractivity contribution in [2.45, 2.75) is 25.9 Å². The summed E-state index contributed by atoms with van der Waals surface area (Å²) < 4.78 is 4.82. The zero-order valence-electron chi connectivity index (χ0n) is 11.2. The molecule has 0 aliphatic carbocycles. The maximum atomic E-state index is 12.0. The molecule has 0 aliphatic rings. The first-order valence-electron chi connectivity index (χ1n) is 5.83. The van der Waals surface area contributed by atoms with E-state index in [1.165, 1.54) is 23.3 Å². The summed E-state index contributed by atoms with van der Waals surface area (Å²) in [6.45, 7) is 4.53. The van der Waals surface area contributed by atoms with E-state index in [1.807, 2.05) is 13.8 Å². The number of aromatic nitrogens is 1. The lowest BCUT2D eigenvalue weighted by Gasteiger charge is -2.19. The second kappa shape index (κ2) is 6.82. The van der Waals surface area contributed by atoms with Crippen molar-refractivity contribution >= 4 is 17.2 Å². The van der Waals surface area contributed by atoms with E-state index in [4.69, 9.17) is 4.74 Å². The van der Waals surface area contributed by atoms with Crippen LogP contribution in [0.4, 0.5) is 0 Å². The summed E-state index contributed by atoms with van der Waals surface area (Å²) in [6, 6.07) is 0. The molecule has 0 fully saturated rings. The zero-order chi connectivity index (χ0) is 13.7. The topological polar surface area (TPSA) is 62.7 Å². The van der Waals surface area contributed by atoms with Crippen molar-refractivity contribution in [3.05, 3.63) is 16.1 Å². The van der Waals surface area contributed by atoms with Crippen molar-refractivity contribution < 1.29 is 14.6 Å². The lowest BCUT2D eigenvalue weighted by atomic mass is 10.2. The van der Waals surface area contributed by atoms with Crippen LogP contribution < -0.4 is 0 Å². The maximum Gasteiger partial charge on any atom is 0.273 e. The van der Waals surface area contributed by atoms with Crippen LogP contribution in [0.25, 0.3) is 0 Å². The number of aliphatic hydroxyl groups is 1. The van der Waals surface area contributed by atoms with Crippen molar-refractivity contribution in [3.63, 3.8) is 0 Å². The first kappa shape index (κ1) is 15.1. The molecule has 5 nitrogen and oxygen atoms in total.